The largest absolute Gasteiger partial charge is 0.462 e. The Labute approximate surface area is 167 Å². The maximum Gasteiger partial charge on any atom is 0.308 e. The maximum atomic E-state index is 12.9. The van der Waals surface area contributed by atoms with Gasteiger partial charge in [0.2, 0.25) is 0 Å². The molecule has 0 aromatic heterocycles. The molecule has 6 heteroatoms. The first kappa shape index (κ1) is 24.2. The van der Waals surface area contributed by atoms with Crippen LogP contribution in [0.1, 0.15) is 60.3 Å². The van der Waals surface area contributed by atoms with Gasteiger partial charge in [0.15, 0.2) is 0 Å². The molecule has 0 aromatic carbocycles. The van der Waals surface area contributed by atoms with E-state index in [-0.39, 0.29) is 24.5 Å². The number of aliphatic hydroxyl groups is 2. The Morgan fingerprint density at radius 2 is 1.89 bits per heavy atom. The summed E-state index contributed by atoms with van der Waals surface area (Å²) in [5.41, 5.74) is -0.182. The maximum absolute atomic E-state index is 12.9. The Bertz CT molecular complexity index is 619. The van der Waals surface area contributed by atoms with Crippen molar-refractivity contribution < 1.29 is 29.3 Å². The summed E-state index contributed by atoms with van der Waals surface area (Å²) in [6.07, 6.45) is 4.48. The molecule has 0 bridgehead atoms. The van der Waals surface area contributed by atoms with Gasteiger partial charge in [0, 0.05) is 24.7 Å². The van der Waals surface area contributed by atoms with Gasteiger partial charge in [-0.3, -0.25) is 9.59 Å². The fourth-order valence-corrected chi connectivity index (χ4v) is 3.31. The van der Waals surface area contributed by atoms with E-state index < -0.39 is 35.6 Å². The molecule has 1 heterocycles. The lowest BCUT2D eigenvalue weighted by atomic mass is 9.73. The molecule has 5 unspecified atom stereocenters. The molecule has 0 saturated heterocycles. The summed E-state index contributed by atoms with van der Waals surface area (Å²) in [7, 11) is 0. The quantitative estimate of drug-likeness (QED) is 0.424. The van der Waals surface area contributed by atoms with E-state index in [0.717, 1.165) is 5.57 Å². The second-order valence-electron chi connectivity index (χ2n) is 8.38. The summed E-state index contributed by atoms with van der Waals surface area (Å²) in [6.45, 7) is 8.55. The molecule has 0 amide bonds. The molecule has 0 spiro atoms. The van der Waals surface area contributed by atoms with Gasteiger partial charge in [0.1, 0.15) is 18.2 Å². The lowest BCUT2D eigenvalue weighted by Gasteiger charge is -2.34. The number of esters is 1. The van der Waals surface area contributed by atoms with Crippen LogP contribution in [0.4, 0.5) is 0 Å². The summed E-state index contributed by atoms with van der Waals surface area (Å²) < 4.78 is 5.35. The van der Waals surface area contributed by atoms with Crippen molar-refractivity contribution >= 4 is 18.0 Å². The lowest BCUT2D eigenvalue weighted by molar-refractivity contribution is -0.155. The first-order valence-electron chi connectivity index (χ1n) is 9.86. The van der Waals surface area contributed by atoms with Gasteiger partial charge in [-0.15, -0.1) is 0 Å². The highest BCUT2D eigenvalue weighted by atomic mass is 16.5. The standard InChI is InChI=1S/C22H34O6/c1-14-7-6-8-15(2)20(26)16(3)21(27)22(4,5)18(24)13-19(25)28-17(10-9-14)11-12-23/h6,8-9,12,15-18,20,24,26H,7,10-11,13H2,1-5H3/b8-6+,14-9-. The number of hydrogen-bond acceptors (Lipinski definition) is 6. The van der Waals surface area contributed by atoms with Crippen LogP contribution < -0.4 is 0 Å². The normalized spacial score (nSPS) is 36.1. The van der Waals surface area contributed by atoms with E-state index in [1.807, 2.05) is 32.1 Å². The Balaban J connectivity index is 3.17. The Morgan fingerprint density at radius 1 is 1.25 bits per heavy atom. The van der Waals surface area contributed by atoms with Crippen molar-refractivity contribution in [1.29, 1.82) is 0 Å². The molecule has 1 aliphatic rings. The number of aliphatic hydroxyl groups excluding tert-OH is 2. The number of aldehydes is 1. The van der Waals surface area contributed by atoms with Crippen LogP contribution in [0.3, 0.4) is 0 Å². The van der Waals surface area contributed by atoms with Crippen LogP contribution in [0, 0.1) is 17.3 Å². The second kappa shape index (κ2) is 10.7. The number of hydrogen-bond donors (Lipinski definition) is 2. The van der Waals surface area contributed by atoms with Crippen molar-refractivity contribution in [2.45, 2.75) is 78.6 Å². The third-order valence-electron chi connectivity index (χ3n) is 5.56. The molecule has 0 aromatic rings. The van der Waals surface area contributed by atoms with E-state index in [4.69, 9.17) is 4.74 Å². The van der Waals surface area contributed by atoms with Crippen LogP contribution in [-0.2, 0) is 19.1 Å². The number of ether oxygens (including phenoxy) is 1. The van der Waals surface area contributed by atoms with E-state index >= 15 is 0 Å². The summed E-state index contributed by atoms with van der Waals surface area (Å²) in [6, 6.07) is 0. The van der Waals surface area contributed by atoms with E-state index in [9.17, 15) is 24.6 Å². The average Bonchev–Trinajstić information content (AvgIpc) is 2.63. The van der Waals surface area contributed by atoms with E-state index in [1.54, 1.807) is 20.8 Å². The molecule has 158 valence electrons. The first-order chi connectivity index (χ1) is 13.0. The minimum absolute atomic E-state index is 0.0735. The van der Waals surface area contributed by atoms with Gasteiger partial charge in [-0.2, -0.15) is 0 Å². The van der Waals surface area contributed by atoms with Gasteiger partial charge in [0.05, 0.1) is 24.0 Å². The highest BCUT2D eigenvalue weighted by molar-refractivity contribution is 5.88. The number of allylic oxidation sites excluding steroid dienone is 2. The van der Waals surface area contributed by atoms with Crippen LogP contribution in [0.25, 0.3) is 0 Å². The van der Waals surface area contributed by atoms with Gasteiger partial charge < -0.3 is 19.7 Å². The zero-order valence-electron chi connectivity index (χ0n) is 17.6. The molecule has 0 fully saturated rings. The molecule has 1 rings (SSSR count). The van der Waals surface area contributed by atoms with Gasteiger partial charge >= 0.3 is 5.97 Å². The van der Waals surface area contributed by atoms with Gasteiger partial charge in [-0.1, -0.05) is 51.5 Å². The number of carbonyl (C=O) groups excluding carboxylic acids is 3. The Hall–Kier alpha value is -1.79. The molecular weight excluding hydrogens is 360 g/mol. The summed E-state index contributed by atoms with van der Waals surface area (Å²) >= 11 is 0. The number of cyclic esters (lactones) is 1. The van der Waals surface area contributed by atoms with Crippen LogP contribution in [0.15, 0.2) is 23.8 Å². The zero-order valence-corrected chi connectivity index (χ0v) is 17.6. The van der Waals surface area contributed by atoms with Crippen LogP contribution in [0.2, 0.25) is 0 Å². The summed E-state index contributed by atoms with van der Waals surface area (Å²) in [5.74, 6) is -1.90. The monoisotopic (exact) mass is 394 g/mol. The first-order valence-corrected chi connectivity index (χ1v) is 9.86. The highest BCUT2D eigenvalue weighted by Crippen LogP contribution is 2.31. The van der Waals surface area contributed by atoms with Gasteiger partial charge in [-0.05, 0) is 13.3 Å². The molecular formula is C22H34O6. The fraction of sp³-hybridized carbons (Fsp3) is 0.682. The Kier molecular flexibility index (Phi) is 9.24. The van der Waals surface area contributed by atoms with Crippen LogP contribution in [0.5, 0.6) is 0 Å². The number of ketones is 1. The molecule has 28 heavy (non-hydrogen) atoms. The average molecular weight is 395 g/mol. The molecule has 0 saturated carbocycles. The van der Waals surface area contributed by atoms with E-state index in [0.29, 0.717) is 19.1 Å². The molecule has 6 nitrogen and oxygen atoms in total. The van der Waals surface area contributed by atoms with E-state index in [1.165, 1.54) is 0 Å². The summed E-state index contributed by atoms with van der Waals surface area (Å²) in [4.78, 5) is 36.0. The van der Waals surface area contributed by atoms with Crippen LogP contribution >= 0.6 is 0 Å². The molecule has 1 aliphatic heterocycles. The smallest absolute Gasteiger partial charge is 0.308 e. The highest BCUT2D eigenvalue weighted by Gasteiger charge is 2.42. The number of rotatable bonds is 2. The second-order valence-corrected chi connectivity index (χ2v) is 8.38. The Morgan fingerprint density at radius 3 is 2.50 bits per heavy atom. The third-order valence-corrected chi connectivity index (χ3v) is 5.56. The lowest BCUT2D eigenvalue weighted by Crippen LogP contribution is -2.45. The minimum atomic E-state index is -1.25. The predicted octanol–water partition coefficient (Wildman–Crippen LogP) is 2.76. The van der Waals surface area contributed by atoms with Gasteiger partial charge in [-0.25, -0.2) is 0 Å². The van der Waals surface area contributed by atoms with E-state index in [2.05, 4.69) is 0 Å². The van der Waals surface area contributed by atoms with Crippen molar-refractivity contribution in [3.8, 4) is 0 Å². The molecule has 5 atom stereocenters. The summed E-state index contributed by atoms with van der Waals surface area (Å²) in [5, 5.41) is 21.1. The topological polar surface area (TPSA) is 101 Å². The number of Topliss-reactive ketones (excluding diaryl/α,β-unsaturated/α-hetero) is 1. The molecule has 0 aliphatic carbocycles. The SMILES string of the molecule is C/C1=C/CC(CC=O)OC(=O)CC(O)C(C)(C)C(=O)C(C)C(O)C(C)/C=C/C1. The van der Waals surface area contributed by atoms with Gasteiger partial charge in [0.25, 0.3) is 0 Å². The number of carbonyl (C=O) groups is 3. The van der Waals surface area contributed by atoms with Crippen LogP contribution in [-0.4, -0.2) is 46.6 Å². The van der Waals surface area contributed by atoms with Crippen molar-refractivity contribution in [3.63, 3.8) is 0 Å². The zero-order chi connectivity index (χ0) is 21.5. The van der Waals surface area contributed by atoms with Crippen molar-refractivity contribution in [3.05, 3.63) is 23.8 Å². The van der Waals surface area contributed by atoms with Crippen molar-refractivity contribution in [1.82, 2.24) is 0 Å². The fourth-order valence-electron chi connectivity index (χ4n) is 3.31. The minimum Gasteiger partial charge on any atom is -0.462 e. The van der Waals surface area contributed by atoms with Crippen molar-refractivity contribution in [2.75, 3.05) is 0 Å². The third kappa shape index (κ3) is 6.67. The predicted molar refractivity (Wildman–Crippen MR) is 106 cm³/mol. The molecule has 0 radical (unpaired) electrons. The van der Waals surface area contributed by atoms with Crippen molar-refractivity contribution in [2.24, 2.45) is 17.3 Å². The molecule has 2 N–H and O–H groups in total.